The summed E-state index contributed by atoms with van der Waals surface area (Å²) in [6.45, 7) is 9.98. The number of rotatable bonds is 14. The summed E-state index contributed by atoms with van der Waals surface area (Å²) in [4.78, 5) is 49.7. The Labute approximate surface area is 387 Å². The van der Waals surface area contributed by atoms with E-state index in [4.69, 9.17) is 19.7 Å². The van der Waals surface area contributed by atoms with E-state index in [0.717, 1.165) is 85.1 Å². The topological polar surface area (TPSA) is 212 Å². The smallest absolute Gasteiger partial charge is 0.309 e. The fourth-order valence-corrected chi connectivity index (χ4v) is 11.5. The standard InChI is InChI=1S/C20H24F2N4O3.C20H30N4O3Si.C6H10F2O2/c21-20(22)7-18(8-20,10-27)11-29-17(28)14-2-6-26(9-19(14)3-4-19)16-13-1-5-23-15(13)24-12-25-16;1-28(2,3)11-10-27-14-24-8-4-15-17(21-13-22-18(15)24)23-9-5-16(19(25)26)20(12-23)6-7-20;7-6(8)1-5(2-6,3-9)4-10/h1,5,12,14,27H,2-4,6-11H2,(H,23,24,25);4,8,13,16H,5-7,9-12,14H2,1-3H3,(H,25,26);9-10H,1-4H2/t14-;16-;/m00./s1. The van der Waals surface area contributed by atoms with E-state index in [1.165, 1.54) is 6.33 Å². The molecule has 16 nitrogen and oxygen atoms in total. The minimum Gasteiger partial charge on any atom is -0.481 e. The van der Waals surface area contributed by atoms with Gasteiger partial charge in [-0.1, -0.05) is 19.6 Å². The van der Waals surface area contributed by atoms with Gasteiger partial charge in [-0.2, -0.15) is 0 Å². The van der Waals surface area contributed by atoms with Crippen molar-refractivity contribution in [1.82, 2.24) is 29.5 Å². The van der Waals surface area contributed by atoms with E-state index in [0.29, 0.717) is 32.7 Å². The van der Waals surface area contributed by atoms with Crippen LogP contribution in [0.1, 0.15) is 64.2 Å². The van der Waals surface area contributed by atoms with Gasteiger partial charge in [0.05, 0.1) is 49.0 Å². The second-order valence-electron chi connectivity index (χ2n) is 21.6. The number of alkyl halides is 4. The number of carbonyl (C=O) groups excluding carboxylic acids is 1. The summed E-state index contributed by atoms with van der Waals surface area (Å²) in [5, 5.41) is 38.2. The number of fused-ring (bicyclic) bond motifs is 2. The molecule has 21 heteroatoms. The van der Waals surface area contributed by atoms with Crippen LogP contribution in [0, 0.1) is 33.5 Å². The number of nitrogens with zero attached hydrogens (tertiary/aromatic N) is 7. The molecule has 0 unspecified atom stereocenters. The average Bonchev–Trinajstić information content (AvgIpc) is 4.09. The quantitative estimate of drug-likeness (QED) is 0.0405. The number of esters is 1. The fourth-order valence-electron chi connectivity index (χ4n) is 10.7. The molecule has 0 amide bonds. The van der Waals surface area contributed by atoms with E-state index < -0.39 is 49.6 Å². The SMILES string of the molecule is C[Si](C)(C)CCOCn1ccc2c(N3CC[C@@H](C(=O)O)C4(CC4)C3)ncnc21.O=C(OCC1(CO)CC(F)(F)C1)[C@@H]1CCN(c2ncnc3[nH]ccc23)CC12CC2.OCC1(CO)CC(F)(F)C1. The summed E-state index contributed by atoms with van der Waals surface area (Å²) < 4.78 is 64.3. The van der Waals surface area contributed by atoms with Crippen molar-refractivity contribution in [2.24, 2.45) is 33.5 Å². The van der Waals surface area contributed by atoms with Crippen molar-refractivity contribution in [1.29, 1.82) is 0 Å². The number of H-pyrrole nitrogens is 1. The van der Waals surface area contributed by atoms with Gasteiger partial charge in [-0.3, -0.25) is 9.59 Å². The maximum absolute atomic E-state index is 13.3. The monoisotopic (exact) mass is 960 g/mol. The van der Waals surface area contributed by atoms with E-state index in [2.05, 4.69) is 60.4 Å². The van der Waals surface area contributed by atoms with Crippen molar-refractivity contribution in [2.45, 2.75) is 108 Å². The van der Waals surface area contributed by atoms with Crippen molar-refractivity contribution < 1.29 is 57.1 Å². The number of aliphatic hydroxyl groups is 3. The number of carbonyl (C=O) groups is 2. The van der Waals surface area contributed by atoms with Crippen LogP contribution in [-0.4, -0.2) is 141 Å². The fraction of sp³-hybridized carbons (Fsp3) is 0.696. The molecule has 0 aromatic carbocycles. The molecular weight excluding hydrogens is 897 g/mol. The van der Waals surface area contributed by atoms with Gasteiger partial charge in [0.2, 0.25) is 11.8 Å². The van der Waals surface area contributed by atoms with E-state index in [1.807, 2.05) is 23.0 Å². The van der Waals surface area contributed by atoms with Crippen molar-refractivity contribution in [3.63, 3.8) is 0 Å². The van der Waals surface area contributed by atoms with Gasteiger partial charge in [0.15, 0.2) is 0 Å². The zero-order chi connectivity index (χ0) is 48.0. The Bertz CT molecular complexity index is 2380. The van der Waals surface area contributed by atoms with Gasteiger partial charge in [-0.05, 0) is 56.7 Å². The Morgan fingerprint density at radius 1 is 0.776 bits per heavy atom. The number of aromatic nitrogens is 6. The lowest BCUT2D eigenvalue weighted by Gasteiger charge is -2.46. The number of aliphatic hydroxyl groups excluding tert-OH is 3. The van der Waals surface area contributed by atoms with Crippen molar-refractivity contribution in [2.75, 3.05) is 69.0 Å². The molecule has 2 atom stereocenters. The number of hydrogen-bond acceptors (Lipinski definition) is 13. The van der Waals surface area contributed by atoms with Gasteiger partial charge < -0.3 is 49.3 Å². The minimum absolute atomic E-state index is 0.0656. The Hall–Kier alpha value is -4.44. The van der Waals surface area contributed by atoms with Crippen molar-refractivity contribution in [3.8, 4) is 0 Å². The Balaban J connectivity index is 0.000000151. The van der Waals surface area contributed by atoms with Crippen LogP contribution in [-0.2, 0) is 25.8 Å². The van der Waals surface area contributed by atoms with E-state index in [9.17, 15) is 37.4 Å². The van der Waals surface area contributed by atoms with Crippen LogP contribution in [0.3, 0.4) is 0 Å². The summed E-state index contributed by atoms with van der Waals surface area (Å²) in [6.07, 6.45) is 10.6. The van der Waals surface area contributed by atoms with Crippen molar-refractivity contribution in [3.05, 3.63) is 37.2 Å². The van der Waals surface area contributed by atoms with Gasteiger partial charge in [0, 0.05) is 101 Å². The first kappa shape index (κ1) is 49.0. The normalized spacial score (nSPS) is 24.4. The average molecular weight is 961 g/mol. The molecule has 10 rings (SSSR count). The molecule has 4 aromatic rings. The number of halogens is 4. The van der Waals surface area contributed by atoms with Gasteiger partial charge in [0.1, 0.15) is 42.3 Å². The predicted octanol–water partition coefficient (Wildman–Crippen LogP) is 6.34. The lowest BCUT2D eigenvalue weighted by Crippen LogP contribution is -2.52. The number of anilines is 2. The third-order valence-electron chi connectivity index (χ3n) is 15.0. The lowest BCUT2D eigenvalue weighted by atomic mass is 9.67. The molecule has 368 valence electrons. The number of carboxylic acid groups (broad SMARTS) is 1. The molecule has 4 aliphatic carbocycles. The molecule has 2 saturated heterocycles. The maximum Gasteiger partial charge on any atom is 0.309 e. The maximum atomic E-state index is 13.3. The Morgan fingerprint density at radius 3 is 1.87 bits per heavy atom. The molecule has 4 aromatic heterocycles. The van der Waals surface area contributed by atoms with Crippen LogP contribution in [0.5, 0.6) is 0 Å². The molecule has 67 heavy (non-hydrogen) atoms. The van der Waals surface area contributed by atoms with Crippen LogP contribution in [0.2, 0.25) is 25.7 Å². The zero-order valence-corrected chi connectivity index (χ0v) is 39.5. The molecule has 6 aliphatic rings. The van der Waals surface area contributed by atoms with Gasteiger partial charge in [-0.15, -0.1) is 0 Å². The first-order chi connectivity index (χ1) is 31.7. The summed E-state index contributed by atoms with van der Waals surface area (Å²) in [5.74, 6) is -5.06. The number of aromatic amines is 1. The highest BCUT2D eigenvalue weighted by molar-refractivity contribution is 6.76. The summed E-state index contributed by atoms with van der Waals surface area (Å²) >= 11 is 0. The number of nitrogens with one attached hydrogen (secondary N) is 1. The summed E-state index contributed by atoms with van der Waals surface area (Å²) in [5.41, 5.74) is -0.430. The van der Waals surface area contributed by atoms with Crippen LogP contribution < -0.4 is 9.80 Å². The van der Waals surface area contributed by atoms with Crippen LogP contribution in [0.15, 0.2) is 37.2 Å². The van der Waals surface area contributed by atoms with Gasteiger partial charge >= 0.3 is 11.9 Å². The number of aliphatic carboxylic acids is 1. The molecule has 5 N–H and O–H groups in total. The lowest BCUT2D eigenvalue weighted by molar-refractivity contribution is -0.202. The number of carboxylic acids is 1. The molecule has 6 fully saturated rings. The third kappa shape index (κ3) is 10.6. The van der Waals surface area contributed by atoms with Crippen LogP contribution >= 0.6 is 0 Å². The highest BCUT2D eigenvalue weighted by Gasteiger charge is 2.60. The van der Waals surface area contributed by atoms with Crippen molar-refractivity contribution >= 4 is 53.7 Å². The molecule has 4 saturated carbocycles. The van der Waals surface area contributed by atoms with E-state index >= 15 is 0 Å². The zero-order valence-electron chi connectivity index (χ0n) is 38.5. The molecule has 2 aliphatic heterocycles. The second kappa shape index (κ2) is 18.5. The Morgan fingerprint density at radius 2 is 1.33 bits per heavy atom. The molecule has 6 heterocycles. The second-order valence-corrected chi connectivity index (χ2v) is 27.2. The molecule has 0 bridgehead atoms. The third-order valence-corrected chi connectivity index (χ3v) is 16.7. The van der Waals surface area contributed by atoms with Gasteiger partial charge in [-0.25, -0.2) is 37.5 Å². The largest absolute Gasteiger partial charge is 0.481 e. The number of ether oxygens (including phenoxy) is 2. The van der Waals surface area contributed by atoms with E-state index in [-0.39, 0.29) is 67.9 Å². The van der Waals surface area contributed by atoms with E-state index in [1.54, 1.807) is 6.33 Å². The minimum atomic E-state index is -2.76. The highest BCUT2D eigenvalue weighted by atomic mass is 28.3. The van der Waals surface area contributed by atoms with Crippen LogP contribution in [0.25, 0.3) is 22.1 Å². The number of hydrogen-bond donors (Lipinski definition) is 5. The van der Waals surface area contributed by atoms with Crippen LogP contribution in [0.4, 0.5) is 29.2 Å². The molecule has 0 radical (unpaired) electrons. The Kier molecular flexibility index (Phi) is 13.5. The summed E-state index contributed by atoms with van der Waals surface area (Å²) in [6, 6.07) is 5.15. The predicted molar refractivity (Wildman–Crippen MR) is 243 cm³/mol. The van der Waals surface area contributed by atoms with Gasteiger partial charge in [0.25, 0.3) is 0 Å². The first-order valence-electron chi connectivity index (χ1n) is 23.3. The first-order valence-corrected chi connectivity index (χ1v) is 27.0. The highest BCUT2D eigenvalue weighted by Crippen LogP contribution is 2.58. The summed E-state index contributed by atoms with van der Waals surface area (Å²) in [7, 11) is -1.09. The number of piperidine rings is 2. The molecule has 2 spiro atoms. The molecular formula is C46H64F4N8O8Si.